The molecule has 2 heterocycles. The third kappa shape index (κ3) is 5.94. The molecule has 0 aliphatic carbocycles. The van der Waals surface area contributed by atoms with Crippen LogP contribution in [0.15, 0.2) is 36.5 Å². The fourth-order valence-electron chi connectivity index (χ4n) is 3.29. The van der Waals surface area contributed by atoms with E-state index in [0.29, 0.717) is 22.8 Å². The van der Waals surface area contributed by atoms with Gasteiger partial charge in [0.15, 0.2) is 6.61 Å². The summed E-state index contributed by atoms with van der Waals surface area (Å²) in [6.45, 7) is 2.80. The number of hydrogen-bond acceptors (Lipinski definition) is 7. The van der Waals surface area contributed by atoms with E-state index in [0.717, 1.165) is 31.5 Å². The molecule has 1 aromatic carbocycles. The fraction of sp³-hybridized carbons (Fsp3) is 0.364. The van der Waals surface area contributed by atoms with E-state index in [1.165, 1.54) is 7.11 Å². The van der Waals surface area contributed by atoms with Gasteiger partial charge < -0.3 is 25.0 Å². The highest BCUT2D eigenvalue weighted by molar-refractivity contribution is 5.97. The summed E-state index contributed by atoms with van der Waals surface area (Å²) in [6, 6.07) is 8.66. The number of benzene rings is 1. The van der Waals surface area contributed by atoms with E-state index < -0.39 is 24.4 Å². The van der Waals surface area contributed by atoms with Crippen LogP contribution in [0.4, 0.5) is 11.5 Å². The Morgan fingerprint density at radius 1 is 1.13 bits per heavy atom. The van der Waals surface area contributed by atoms with Crippen LogP contribution in [-0.2, 0) is 14.3 Å². The highest BCUT2D eigenvalue weighted by Gasteiger charge is 2.22. The topological polar surface area (TPSA) is 110 Å². The molecule has 1 saturated heterocycles. The van der Waals surface area contributed by atoms with Gasteiger partial charge in [-0.05, 0) is 49.6 Å². The molecule has 2 aromatic rings. The van der Waals surface area contributed by atoms with Crippen LogP contribution in [0.3, 0.4) is 0 Å². The number of amides is 2. The molecule has 0 saturated carbocycles. The van der Waals surface area contributed by atoms with Gasteiger partial charge in [-0.2, -0.15) is 0 Å². The van der Waals surface area contributed by atoms with Crippen LogP contribution < -0.4 is 20.3 Å². The first-order valence-corrected chi connectivity index (χ1v) is 10.1. The van der Waals surface area contributed by atoms with Crippen LogP contribution in [0.1, 0.15) is 28.8 Å². The number of pyridine rings is 1. The number of anilines is 2. The molecule has 31 heavy (non-hydrogen) atoms. The molecule has 1 fully saturated rings. The first-order chi connectivity index (χ1) is 15.0. The molecule has 1 aliphatic rings. The smallest absolute Gasteiger partial charge is 0.342 e. The molecule has 1 aromatic heterocycles. The molecule has 0 radical (unpaired) electrons. The van der Waals surface area contributed by atoms with Gasteiger partial charge in [0, 0.05) is 19.3 Å². The molecular formula is C22H26N4O5. The zero-order chi connectivity index (χ0) is 22.2. The highest BCUT2D eigenvalue weighted by atomic mass is 16.5. The molecule has 2 N–H and O–H groups in total. The maximum absolute atomic E-state index is 12.4. The average Bonchev–Trinajstić information content (AvgIpc) is 3.31. The van der Waals surface area contributed by atoms with Gasteiger partial charge in [-0.15, -0.1) is 0 Å². The minimum atomic E-state index is -0.626. The maximum Gasteiger partial charge on any atom is 0.342 e. The lowest BCUT2D eigenvalue weighted by atomic mass is 10.2. The lowest BCUT2D eigenvalue weighted by molar-refractivity contribution is -0.126. The first kappa shape index (κ1) is 22.1. The highest BCUT2D eigenvalue weighted by Crippen LogP contribution is 2.25. The molecule has 1 aliphatic heterocycles. The predicted molar refractivity (Wildman–Crippen MR) is 115 cm³/mol. The molecule has 9 nitrogen and oxygen atoms in total. The minimum absolute atomic E-state index is 0.264. The zero-order valence-electron chi connectivity index (χ0n) is 17.6. The van der Waals surface area contributed by atoms with E-state index >= 15 is 0 Å². The van der Waals surface area contributed by atoms with Gasteiger partial charge in [0.1, 0.15) is 17.1 Å². The Hall–Kier alpha value is -3.62. The van der Waals surface area contributed by atoms with Gasteiger partial charge in [0.2, 0.25) is 5.91 Å². The molecule has 164 valence electrons. The van der Waals surface area contributed by atoms with Crippen LogP contribution in [0, 0.1) is 6.92 Å². The summed E-state index contributed by atoms with van der Waals surface area (Å²) < 4.78 is 10.3. The summed E-state index contributed by atoms with van der Waals surface area (Å²) >= 11 is 0. The van der Waals surface area contributed by atoms with Crippen LogP contribution in [0.2, 0.25) is 0 Å². The summed E-state index contributed by atoms with van der Waals surface area (Å²) in [5.41, 5.74) is 1.79. The molecule has 9 heteroatoms. The fourth-order valence-corrected chi connectivity index (χ4v) is 3.29. The van der Waals surface area contributed by atoms with E-state index in [2.05, 4.69) is 15.6 Å². The van der Waals surface area contributed by atoms with Crippen molar-refractivity contribution in [3.63, 3.8) is 0 Å². The summed E-state index contributed by atoms with van der Waals surface area (Å²) in [5, 5.41) is 5.12. The van der Waals surface area contributed by atoms with E-state index in [1.54, 1.807) is 30.5 Å². The van der Waals surface area contributed by atoms with Crippen LogP contribution >= 0.6 is 0 Å². The molecule has 3 rings (SSSR count). The molecule has 0 bridgehead atoms. The quantitative estimate of drug-likeness (QED) is 0.621. The van der Waals surface area contributed by atoms with Gasteiger partial charge in [0.05, 0.1) is 19.3 Å². The average molecular weight is 426 g/mol. The summed E-state index contributed by atoms with van der Waals surface area (Å²) in [5.74, 6) is -0.543. The van der Waals surface area contributed by atoms with Gasteiger partial charge >= 0.3 is 5.97 Å². The number of ether oxygens (including phenoxy) is 2. The molecule has 0 spiro atoms. The number of hydrogen-bond donors (Lipinski definition) is 2. The molecular weight excluding hydrogens is 400 g/mol. The number of nitrogens with one attached hydrogen (secondary N) is 2. The summed E-state index contributed by atoms with van der Waals surface area (Å²) in [4.78, 5) is 42.9. The van der Waals surface area contributed by atoms with Crippen molar-refractivity contribution < 1.29 is 23.9 Å². The van der Waals surface area contributed by atoms with Crippen molar-refractivity contribution in [2.75, 3.05) is 43.6 Å². The summed E-state index contributed by atoms with van der Waals surface area (Å²) in [6.07, 6.45) is 3.72. The second kappa shape index (κ2) is 10.4. The Morgan fingerprint density at radius 3 is 2.65 bits per heavy atom. The Kier molecular flexibility index (Phi) is 7.42. The molecule has 0 atom stereocenters. The lowest BCUT2D eigenvalue weighted by Gasteiger charge is -2.18. The van der Waals surface area contributed by atoms with Gasteiger partial charge in [-0.3, -0.25) is 9.59 Å². The lowest BCUT2D eigenvalue weighted by Crippen LogP contribution is -2.35. The SMILES string of the molecule is COc1ccc(C)cc1NC(=O)CNC(=O)COC(=O)c1cccnc1N1CCCC1. The number of carbonyl (C=O) groups excluding carboxylic acids is 3. The van der Waals surface area contributed by atoms with Gasteiger partial charge in [0.25, 0.3) is 5.91 Å². The van der Waals surface area contributed by atoms with Crippen molar-refractivity contribution in [1.82, 2.24) is 10.3 Å². The van der Waals surface area contributed by atoms with Crippen LogP contribution in [-0.4, -0.2) is 56.1 Å². The number of carbonyl (C=O) groups is 3. The van der Waals surface area contributed by atoms with E-state index in [9.17, 15) is 14.4 Å². The van der Waals surface area contributed by atoms with Crippen molar-refractivity contribution in [1.29, 1.82) is 0 Å². The van der Waals surface area contributed by atoms with Gasteiger partial charge in [-0.25, -0.2) is 9.78 Å². The standard InChI is InChI=1S/C22H26N4O5/c1-15-7-8-18(30-2)17(12-15)25-19(27)13-24-20(28)14-31-22(29)16-6-5-9-23-21(16)26-10-3-4-11-26/h5-9,12H,3-4,10-11,13-14H2,1-2H3,(H,24,28)(H,25,27). The Labute approximate surface area is 180 Å². The summed E-state index contributed by atoms with van der Waals surface area (Å²) in [7, 11) is 1.51. The van der Waals surface area contributed by atoms with Crippen molar-refractivity contribution in [2.24, 2.45) is 0 Å². The molecule has 2 amide bonds. The van der Waals surface area contributed by atoms with E-state index in [1.807, 2.05) is 17.9 Å². The predicted octanol–water partition coefficient (Wildman–Crippen LogP) is 1.91. The maximum atomic E-state index is 12.4. The van der Waals surface area contributed by atoms with Crippen LogP contribution in [0.5, 0.6) is 5.75 Å². The first-order valence-electron chi connectivity index (χ1n) is 10.1. The van der Waals surface area contributed by atoms with Crippen LogP contribution in [0.25, 0.3) is 0 Å². The Morgan fingerprint density at radius 2 is 1.90 bits per heavy atom. The largest absolute Gasteiger partial charge is 0.495 e. The van der Waals surface area contributed by atoms with Crippen molar-refractivity contribution >= 4 is 29.3 Å². The van der Waals surface area contributed by atoms with Crippen molar-refractivity contribution in [2.45, 2.75) is 19.8 Å². The van der Waals surface area contributed by atoms with E-state index in [4.69, 9.17) is 9.47 Å². The molecule has 0 unspecified atom stereocenters. The minimum Gasteiger partial charge on any atom is -0.495 e. The second-order valence-electron chi connectivity index (χ2n) is 7.17. The second-order valence-corrected chi connectivity index (χ2v) is 7.17. The van der Waals surface area contributed by atoms with E-state index in [-0.39, 0.29) is 6.54 Å². The zero-order valence-corrected chi connectivity index (χ0v) is 17.6. The third-order valence-corrected chi connectivity index (χ3v) is 4.82. The number of rotatable bonds is 8. The Balaban J connectivity index is 1.48. The Bertz CT molecular complexity index is 957. The normalized spacial score (nSPS) is 12.9. The number of nitrogens with zero attached hydrogens (tertiary/aromatic N) is 2. The number of aromatic nitrogens is 1. The number of methoxy groups -OCH3 is 1. The monoisotopic (exact) mass is 426 g/mol. The number of esters is 1. The van der Waals surface area contributed by atoms with Gasteiger partial charge in [-0.1, -0.05) is 6.07 Å². The number of aryl methyl sites for hydroxylation is 1. The van der Waals surface area contributed by atoms with Crippen molar-refractivity contribution in [3.05, 3.63) is 47.7 Å². The third-order valence-electron chi connectivity index (χ3n) is 4.82. The van der Waals surface area contributed by atoms with Crippen molar-refractivity contribution in [3.8, 4) is 5.75 Å².